The van der Waals surface area contributed by atoms with Crippen LogP contribution in [0.4, 0.5) is 5.82 Å². The van der Waals surface area contributed by atoms with E-state index in [4.69, 9.17) is 23.2 Å². The van der Waals surface area contributed by atoms with E-state index >= 15 is 0 Å². The lowest BCUT2D eigenvalue weighted by atomic mass is 10.1. The van der Waals surface area contributed by atoms with Crippen LogP contribution in [-0.4, -0.2) is 45.2 Å². The lowest BCUT2D eigenvalue weighted by Crippen LogP contribution is -3.16. The number of nitrogens with zero attached hydrogens (tertiary/aromatic N) is 1. The summed E-state index contributed by atoms with van der Waals surface area (Å²) in [4.78, 5) is 19.1. The number of pyridine rings is 1. The van der Waals surface area contributed by atoms with E-state index in [9.17, 15) is 4.79 Å². The van der Waals surface area contributed by atoms with Crippen LogP contribution >= 0.6 is 23.2 Å². The standard InChI is InChI=1S/C19H22Cl2N4O/c20-16-5-4-15(17(21)13-16)6-8-23-19(26)14-24-9-11-25(12-10-24)18-3-1-2-7-22-18/h1-5,7,13H,6,8-12,14H2,(H,23,26)/p+2. The summed E-state index contributed by atoms with van der Waals surface area (Å²) >= 11 is 12.1. The zero-order chi connectivity index (χ0) is 18.4. The van der Waals surface area contributed by atoms with Gasteiger partial charge >= 0.3 is 0 Å². The molecule has 1 aliphatic heterocycles. The summed E-state index contributed by atoms with van der Waals surface area (Å²) in [5.41, 5.74) is 0.997. The third-order valence-electron chi connectivity index (χ3n) is 4.65. The van der Waals surface area contributed by atoms with Crippen LogP contribution in [0, 0.1) is 0 Å². The molecule has 0 saturated carbocycles. The molecule has 0 spiro atoms. The summed E-state index contributed by atoms with van der Waals surface area (Å²) in [7, 11) is 0. The maximum atomic E-state index is 12.2. The molecule has 1 aromatic heterocycles. The van der Waals surface area contributed by atoms with Crippen molar-refractivity contribution in [2.75, 3.05) is 44.2 Å². The first-order valence-electron chi connectivity index (χ1n) is 8.87. The number of aromatic nitrogens is 1. The highest BCUT2D eigenvalue weighted by molar-refractivity contribution is 6.35. The van der Waals surface area contributed by atoms with Gasteiger partial charge in [-0.2, -0.15) is 0 Å². The molecule has 1 fully saturated rings. The average molecular weight is 395 g/mol. The van der Waals surface area contributed by atoms with Gasteiger partial charge in [-0.05, 0) is 30.2 Å². The molecule has 7 heteroatoms. The Morgan fingerprint density at radius 3 is 2.69 bits per heavy atom. The van der Waals surface area contributed by atoms with Crippen molar-refractivity contribution in [3.63, 3.8) is 0 Å². The van der Waals surface area contributed by atoms with Crippen molar-refractivity contribution in [2.24, 2.45) is 0 Å². The molecular weight excluding hydrogens is 371 g/mol. The van der Waals surface area contributed by atoms with E-state index in [1.807, 2.05) is 30.5 Å². The van der Waals surface area contributed by atoms with E-state index in [0.717, 1.165) is 37.6 Å². The van der Waals surface area contributed by atoms with Gasteiger partial charge < -0.3 is 10.2 Å². The molecule has 1 aromatic carbocycles. The van der Waals surface area contributed by atoms with Gasteiger partial charge in [0.2, 0.25) is 0 Å². The third-order valence-corrected chi connectivity index (χ3v) is 5.23. The summed E-state index contributed by atoms with van der Waals surface area (Å²) in [6, 6.07) is 11.5. The Kier molecular flexibility index (Phi) is 6.72. The number of piperazine rings is 1. The monoisotopic (exact) mass is 394 g/mol. The number of carbonyl (C=O) groups excluding carboxylic acids is 1. The highest BCUT2D eigenvalue weighted by Gasteiger charge is 2.26. The Morgan fingerprint density at radius 1 is 1.19 bits per heavy atom. The second kappa shape index (κ2) is 9.21. The molecule has 1 amide bonds. The molecule has 1 aliphatic rings. The van der Waals surface area contributed by atoms with E-state index in [2.05, 4.69) is 21.3 Å². The molecule has 0 bridgehead atoms. The van der Waals surface area contributed by atoms with E-state index in [-0.39, 0.29) is 5.91 Å². The number of aromatic amines is 1. The number of amides is 1. The fourth-order valence-corrected chi connectivity index (χ4v) is 3.67. The van der Waals surface area contributed by atoms with Gasteiger partial charge in [-0.3, -0.25) is 9.69 Å². The SMILES string of the molecule is O=C(C[NH+]1CCN(c2cccc[nH+]2)CC1)NCCc1ccc(Cl)cc1Cl. The molecule has 5 nitrogen and oxygen atoms in total. The number of nitrogens with one attached hydrogen (secondary N) is 3. The maximum Gasteiger partial charge on any atom is 0.275 e. The normalized spacial score (nSPS) is 15.1. The summed E-state index contributed by atoms with van der Waals surface area (Å²) in [5.74, 6) is 1.22. The van der Waals surface area contributed by atoms with Crippen LogP contribution < -0.4 is 20.1 Å². The molecule has 138 valence electrons. The zero-order valence-corrected chi connectivity index (χ0v) is 16.1. The van der Waals surface area contributed by atoms with Crippen LogP contribution in [0.1, 0.15) is 5.56 Å². The number of halogens is 2. The van der Waals surface area contributed by atoms with Crippen LogP contribution in [0.25, 0.3) is 0 Å². The minimum absolute atomic E-state index is 0.0878. The molecule has 2 heterocycles. The van der Waals surface area contributed by atoms with Gasteiger partial charge in [0.15, 0.2) is 6.54 Å². The lowest BCUT2D eigenvalue weighted by Gasteiger charge is -2.27. The fraction of sp³-hybridized carbons (Fsp3) is 0.368. The van der Waals surface area contributed by atoms with Gasteiger partial charge in [0.1, 0.15) is 26.2 Å². The number of hydrogen-bond acceptors (Lipinski definition) is 2. The number of rotatable bonds is 6. The van der Waals surface area contributed by atoms with Crippen molar-refractivity contribution < 1.29 is 14.7 Å². The Morgan fingerprint density at radius 2 is 2.00 bits per heavy atom. The Balaban J connectivity index is 1.38. The average Bonchev–Trinajstić information content (AvgIpc) is 2.65. The first-order valence-corrected chi connectivity index (χ1v) is 9.63. The first kappa shape index (κ1) is 19.0. The van der Waals surface area contributed by atoms with Crippen molar-refractivity contribution in [1.29, 1.82) is 0 Å². The van der Waals surface area contributed by atoms with E-state index in [1.165, 1.54) is 4.90 Å². The first-order chi connectivity index (χ1) is 12.6. The van der Waals surface area contributed by atoms with E-state index in [0.29, 0.717) is 29.6 Å². The zero-order valence-electron chi connectivity index (χ0n) is 14.6. The molecule has 1 saturated heterocycles. The fourth-order valence-electron chi connectivity index (χ4n) is 3.17. The molecule has 0 atom stereocenters. The van der Waals surface area contributed by atoms with Gasteiger partial charge in [0.05, 0.1) is 6.20 Å². The molecule has 3 rings (SSSR count). The number of carbonyl (C=O) groups is 1. The summed E-state index contributed by atoms with van der Waals surface area (Å²) in [5, 5.41) is 4.26. The van der Waals surface area contributed by atoms with Crippen molar-refractivity contribution in [3.05, 3.63) is 58.2 Å². The largest absolute Gasteiger partial charge is 0.351 e. The Bertz CT molecular complexity index is 734. The molecule has 0 aliphatic carbocycles. The van der Waals surface area contributed by atoms with Gasteiger partial charge in [0.25, 0.3) is 11.7 Å². The van der Waals surface area contributed by atoms with Gasteiger partial charge in [-0.1, -0.05) is 35.3 Å². The second-order valence-electron chi connectivity index (χ2n) is 6.50. The molecule has 0 unspecified atom stereocenters. The van der Waals surface area contributed by atoms with Gasteiger partial charge in [-0.25, -0.2) is 4.98 Å². The lowest BCUT2D eigenvalue weighted by molar-refractivity contribution is -0.892. The molecular formula is C19H24Cl2N4O+2. The molecule has 26 heavy (non-hydrogen) atoms. The quantitative estimate of drug-likeness (QED) is 0.763. The van der Waals surface area contributed by atoms with E-state index in [1.54, 1.807) is 6.07 Å². The van der Waals surface area contributed by atoms with Crippen molar-refractivity contribution in [1.82, 2.24) is 5.32 Å². The summed E-state index contributed by atoms with van der Waals surface area (Å²) < 4.78 is 0. The van der Waals surface area contributed by atoms with Crippen LogP contribution in [-0.2, 0) is 11.2 Å². The van der Waals surface area contributed by atoms with Crippen LogP contribution in [0.5, 0.6) is 0 Å². The van der Waals surface area contributed by atoms with Crippen molar-refractivity contribution in [2.45, 2.75) is 6.42 Å². The molecule has 3 N–H and O–H groups in total. The number of anilines is 1. The second-order valence-corrected chi connectivity index (χ2v) is 7.34. The number of H-pyrrole nitrogens is 1. The van der Waals surface area contributed by atoms with Crippen LogP contribution in [0.3, 0.4) is 0 Å². The highest BCUT2D eigenvalue weighted by Crippen LogP contribution is 2.20. The number of benzene rings is 1. The topological polar surface area (TPSA) is 50.9 Å². The highest BCUT2D eigenvalue weighted by atomic mass is 35.5. The Labute approximate surface area is 163 Å². The molecule has 2 aromatic rings. The Hall–Kier alpha value is -1.82. The maximum absolute atomic E-state index is 12.2. The third kappa shape index (κ3) is 5.34. The predicted molar refractivity (Wildman–Crippen MR) is 104 cm³/mol. The number of quaternary nitrogens is 1. The summed E-state index contributed by atoms with van der Waals surface area (Å²) in [6.45, 7) is 4.91. The van der Waals surface area contributed by atoms with Crippen LogP contribution in [0.15, 0.2) is 42.6 Å². The van der Waals surface area contributed by atoms with Crippen LogP contribution in [0.2, 0.25) is 10.0 Å². The smallest absolute Gasteiger partial charge is 0.275 e. The minimum atomic E-state index is 0.0878. The predicted octanol–water partition coefficient (Wildman–Crippen LogP) is 0.871. The van der Waals surface area contributed by atoms with Crippen molar-refractivity contribution in [3.8, 4) is 0 Å². The van der Waals surface area contributed by atoms with E-state index < -0.39 is 0 Å². The van der Waals surface area contributed by atoms with Gasteiger partial charge in [0, 0.05) is 22.7 Å². The van der Waals surface area contributed by atoms with Crippen molar-refractivity contribution >= 4 is 34.9 Å². The minimum Gasteiger partial charge on any atom is -0.351 e. The summed E-state index contributed by atoms with van der Waals surface area (Å²) in [6.07, 6.45) is 2.64. The molecule has 0 radical (unpaired) electrons. The van der Waals surface area contributed by atoms with Gasteiger partial charge in [-0.15, -0.1) is 0 Å². The number of hydrogen-bond donors (Lipinski definition) is 2.